The largest absolute Gasteiger partial charge is 0.389 e. The molecule has 0 radical (unpaired) electrons. The summed E-state index contributed by atoms with van der Waals surface area (Å²) in [6.45, 7) is 1.07. The quantitative estimate of drug-likeness (QED) is 0.713. The molecule has 1 aromatic carbocycles. The first-order chi connectivity index (χ1) is 10.6. The Morgan fingerprint density at radius 1 is 1.41 bits per heavy atom. The van der Waals surface area contributed by atoms with Gasteiger partial charge >= 0.3 is 0 Å². The van der Waals surface area contributed by atoms with Gasteiger partial charge in [-0.1, -0.05) is 29.3 Å². The van der Waals surface area contributed by atoms with Gasteiger partial charge < -0.3 is 15.2 Å². The van der Waals surface area contributed by atoms with Gasteiger partial charge in [0.05, 0.1) is 12.7 Å². The van der Waals surface area contributed by atoms with Crippen molar-refractivity contribution < 1.29 is 14.6 Å². The highest BCUT2D eigenvalue weighted by molar-refractivity contribution is 6.37. The maximum absolute atomic E-state index is 11.7. The van der Waals surface area contributed by atoms with Crippen LogP contribution in [0.4, 0.5) is 0 Å². The van der Waals surface area contributed by atoms with Crippen molar-refractivity contribution in [1.82, 2.24) is 5.32 Å². The zero-order valence-electron chi connectivity index (χ0n) is 12.1. The zero-order chi connectivity index (χ0) is 15.9. The summed E-state index contributed by atoms with van der Waals surface area (Å²) in [6, 6.07) is 5.14. The van der Waals surface area contributed by atoms with Crippen molar-refractivity contribution in [2.24, 2.45) is 5.92 Å². The first kappa shape index (κ1) is 17.3. The number of hydrogen-bond acceptors (Lipinski definition) is 3. The Morgan fingerprint density at radius 2 is 2.09 bits per heavy atom. The SMILES string of the molecule is O=C(/C=C/c1c(Cl)cccc1Cl)NCC(O)COCC1CC1. The molecule has 0 aromatic heterocycles. The molecule has 2 N–H and O–H groups in total. The molecule has 1 aromatic rings. The molecule has 22 heavy (non-hydrogen) atoms. The van der Waals surface area contributed by atoms with E-state index >= 15 is 0 Å². The summed E-state index contributed by atoms with van der Waals surface area (Å²) in [6.07, 6.45) is 4.60. The second-order valence-electron chi connectivity index (χ2n) is 5.35. The van der Waals surface area contributed by atoms with E-state index in [4.69, 9.17) is 27.9 Å². The molecule has 4 nitrogen and oxygen atoms in total. The van der Waals surface area contributed by atoms with Gasteiger partial charge in [-0.25, -0.2) is 0 Å². The summed E-state index contributed by atoms with van der Waals surface area (Å²) in [7, 11) is 0. The average Bonchev–Trinajstić information content (AvgIpc) is 3.29. The summed E-state index contributed by atoms with van der Waals surface area (Å²) in [5.74, 6) is 0.335. The van der Waals surface area contributed by atoms with E-state index in [1.807, 2.05) is 0 Å². The van der Waals surface area contributed by atoms with E-state index in [1.54, 1.807) is 24.3 Å². The molecule has 0 saturated heterocycles. The molecular weight excluding hydrogens is 325 g/mol. The lowest BCUT2D eigenvalue weighted by molar-refractivity contribution is -0.117. The summed E-state index contributed by atoms with van der Waals surface area (Å²) in [5, 5.41) is 13.3. The number of carbonyl (C=O) groups excluding carboxylic acids is 1. The summed E-state index contributed by atoms with van der Waals surface area (Å²) in [5.41, 5.74) is 0.592. The predicted molar refractivity (Wildman–Crippen MR) is 88.1 cm³/mol. The van der Waals surface area contributed by atoms with Crippen LogP contribution >= 0.6 is 23.2 Å². The predicted octanol–water partition coefficient (Wildman–Crippen LogP) is 2.91. The first-order valence-electron chi connectivity index (χ1n) is 7.22. The van der Waals surface area contributed by atoms with Gasteiger partial charge in [0.25, 0.3) is 0 Å². The molecule has 1 amide bonds. The van der Waals surface area contributed by atoms with Gasteiger partial charge in [-0.15, -0.1) is 0 Å². The summed E-state index contributed by atoms with van der Waals surface area (Å²) in [4.78, 5) is 11.7. The highest BCUT2D eigenvalue weighted by Gasteiger charge is 2.21. The fourth-order valence-corrected chi connectivity index (χ4v) is 2.34. The minimum absolute atomic E-state index is 0.143. The molecule has 1 aliphatic carbocycles. The molecule has 1 atom stereocenters. The number of nitrogens with one attached hydrogen (secondary N) is 1. The fourth-order valence-electron chi connectivity index (χ4n) is 1.82. The summed E-state index contributed by atoms with van der Waals surface area (Å²) < 4.78 is 5.36. The van der Waals surface area contributed by atoms with Crippen LogP contribution < -0.4 is 5.32 Å². The van der Waals surface area contributed by atoms with Gasteiger partial charge in [-0.2, -0.15) is 0 Å². The number of benzene rings is 1. The molecule has 120 valence electrons. The van der Waals surface area contributed by atoms with E-state index in [9.17, 15) is 9.90 Å². The number of aliphatic hydroxyl groups is 1. The molecule has 2 rings (SSSR count). The Bertz CT molecular complexity index is 524. The van der Waals surface area contributed by atoms with Gasteiger partial charge in [-0.05, 0) is 37.0 Å². The third-order valence-electron chi connectivity index (χ3n) is 3.27. The van der Waals surface area contributed by atoms with E-state index in [0.717, 1.165) is 0 Å². The van der Waals surface area contributed by atoms with Crippen LogP contribution in [0.25, 0.3) is 6.08 Å². The standard InChI is InChI=1S/C16H19Cl2NO3/c17-14-2-1-3-15(18)13(14)6-7-16(21)19-8-12(20)10-22-9-11-4-5-11/h1-3,6-7,11-12,20H,4-5,8-10H2,(H,19,21)/b7-6+. The van der Waals surface area contributed by atoms with Crippen LogP contribution in [-0.4, -0.2) is 36.9 Å². The van der Waals surface area contributed by atoms with Crippen LogP contribution in [0.2, 0.25) is 10.0 Å². The smallest absolute Gasteiger partial charge is 0.244 e. The Labute approximate surface area is 140 Å². The monoisotopic (exact) mass is 343 g/mol. The van der Waals surface area contributed by atoms with Gasteiger partial charge in [0.2, 0.25) is 5.91 Å². The molecule has 0 bridgehead atoms. The number of carbonyl (C=O) groups is 1. The molecule has 1 unspecified atom stereocenters. The van der Waals surface area contributed by atoms with Crippen LogP contribution in [0.15, 0.2) is 24.3 Å². The third-order valence-corrected chi connectivity index (χ3v) is 3.93. The normalized spacial score (nSPS) is 16.0. The Hall–Kier alpha value is -1.07. The first-order valence-corrected chi connectivity index (χ1v) is 7.97. The molecule has 0 spiro atoms. The molecule has 1 saturated carbocycles. The minimum Gasteiger partial charge on any atom is -0.389 e. The summed E-state index contributed by atoms with van der Waals surface area (Å²) >= 11 is 12.0. The number of hydrogen-bond donors (Lipinski definition) is 2. The zero-order valence-corrected chi connectivity index (χ0v) is 13.6. The van der Waals surface area contributed by atoms with Crippen LogP contribution in [0, 0.1) is 5.92 Å². The fraction of sp³-hybridized carbons (Fsp3) is 0.438. The number of aliphatic hydroxyl groups excluding tert-OH is 1. The van der Waals surface area contributed by atoms with Crippen LogP contribution in [-0.2, 0) is 9.53 Å². The Morgan fingerprint density at radius 3 is 2.73 bits per heavy atom. The number of rotatable bonds is 8. The number of amides is 1. The third kappa shape index (κ3) is 5.97. The van der Waals surface area contributed by atoms with E-state index < -0.39 is 6.10 Å². The molecule has 0 heterocycles. The van der Waals surface area contributed by atoms with Gasteiger partial charge in [-0.3, -0.25) is 4.79 Å². The van der Waals surface area contributed by atoms with Crippen molar-refractivity contribution in [2.45, 2.75) is 18.9 Å². The van der Waals surface area contributed by atoms with Crippen molar-refractivity contribution in [3.05, 3.63) is 39.9 Å². The van der Waals surface area contributed by atoms with Crippen molar-refractivity contribution >= 4 is 35.2 Å². The Balaban J connectivity index is 1.71. The maximum atomic E-state index is 11.7. The second kappa shape index (κ2) is 8.53. The van der Waals surface area contributed by atoms with Crippen LogP contribution in [0.1, 0.15) is 18.4 Å². The molecular formula is C16H19Cl2NO3. The number of halogens is 2. The van der Waals surface area contributed by atoms with E-state index in [0.29, 0.717) is 28.1 Å². The molecule has 6 heteroatoms. The number of ether oxygens (including phenoxy) is 1. The van der Waals surface area contributed by atoms with Crippen LogP contribution in [0.5, 0.6) is 0 Å². The van der Waals surface area contributed by atoms with Crippen molar-refractivity contribution in [3.8, 4) is 0 Å². The van der Waals surface area contributed by atoms with E-state index in [1.165, 1.54) is 18.9 Å². The second-order valence-corrected chi connectivity index (χ2v) is 6.16. The van der Waals surface area contributed by atoms with Crippen molar-refractivity contribution in [2.75, 3.05) is 19.8 Å². The average molecular weight is 344 g/mol. The highest BCUT2D eigenvalue weighted by atomic mass is 35.5. The topological polar surface area (TPSA) is 58.6 Å². The van der Waals surface area contributed by atoms with Gasteiger partial charge in [0.15, 0.2) is 0 Å². The lowest BCUT2D eigenvalue weighted by atomic mass is 10.2. The minimum atomic E-state index is -0.708. The lowest BCUT2D eigenvalue weighted by Crippen LogP contribution is -2.33. The van der Waals surface area contributed by atoms with E-state index in [-0.39, 0.29) is 19.1 Å². The Kier molecular flexibility index (Phi) is 6.70. The molecule has 0 aliphatic heterocycles. The van der Waals surface area contributed by atoms with Crippen molar-refractivity contribution in [3.63, 3.8) is 0 Å². The van der Waals surface area contributed by atoms with E-state index in [2.05, 4.69) is 5.32 Å². The molecule has 1 aliphatic rings. The van der Waals surface area contributed by atoms with Crippen molar-refractivity contribution in [1.29, 1.82) is 0 Å². The van der Waals surface area contributed by atoms with Gasteiger partial charge in [0, 0.05) is 34.8 Å². The maximum Gasteiger partial charge on any atom is 0.244 e. The van der Waals surface area contributed by atoms with Crippen LogP contribution in [0.3, 0.4) is 0 Å². The molecule has 1 fully saturated rings. The lowest BCUT2D eigenvalue weighted by Gasteiger charge is -2.11. The highest BCUT2D eigenvalue weighted by Crippen LogP contribution is 2.28. The van der Waals surface area contributed by atoms with Gasteiger partial charge in [0.1, 0.15) is 0 Å².